The minimum Gasteiger partial charge on any atom is -0.466 e. The van der Waals surface area contributed by atoms with Crippen molar-refractivity contribution in [3.8, 4) is 0 Å². The molecule has 39 heavy (non-hydrogen) atoms. The van der Waals surface area contributed by atoms with E-state index in [0.717, 1.165) is 43.5 Å². The zero-order chi connectivity index (χ0) is 27.5. The summed E-state index contributed by atoms with van der Waals surface area (Å²) in [7, 11) is 1.39. The Morgan fingerprint density at radius 2 is 1.62 bits per heavy atom. The van der Waals surface area contributed by atoms with Gasteiger partial charge in [-0.15, -0.1) is 0 Å². The number of carbonyl (C=O) groups excluding carboxylic acids is 2. The Balaban J connectivity index is 1.37. The third-order valence-corrected chi connectivity index (χ3v) is 10.1. The zero-order valence-corrected chi connectivity index (χ0v) is 24.1. The molecule has 1 amide bonds. The molecule has 0 atom stereocenters. The van der Waals surface area contributed by atoms with Crippen LogP contribution in [0, 0.1) is 11.3 Å². The molecule has 2 bridgehead atoms. The van der Waals surface area contributed by atoms with Crippen LogP contribution in [0.15, 0.2) is 54.6 Å². The summed E-state index contributed by atoms with van der Waals surface area (Å²) < 4.78 is 4.77. The number of rotatable bonds is 8. The van der Waals surface area contributed by atoms with Crippen molar-refractivity contribution in [1.82, 2.24) is 0 Å². The Hall–Kier alpha value is -2.88. The van der Waals surface area contributed by atoms with E-state index in [0.29, 0.717) is 17.2 Å². The fourth-order valence-electron chi connectivity index (χ4n) is 7.39. The summed E-state index contributed by atoms with van der Waals surface area (Å²) in [4.78, 5) is 27.9. The Morgan fingerprint density at radius 1 is 0.949 bits per heavy atom. The first kappa shape index (κ1) is 27.7. The average Bonchev–Trinajstić information content (AvgIpc) is 3.00. The van der Waals surface area contributed by atoms with Crippen molar-refractivity contribution in [1.29, 1.82) is 0 Å². The monoisotopic (exact) mass is 527 g/mol. The third-order valence-electron chi connectivity index (χ3n) is 10.1. The first-order valence-corrected chi connectivity index (χ1v) is 15.1. The van der Waals surface area contributed by atoms with Gasteiger partial charge in [0.25, 0.3) is 0 Å². The third kappa shape index (κ3) is 6.00. The number of methoxy groups -OCH3 is 1. The van der Waals surface area contributed by atoms with Gasteiger partial charge >= 0.3 is 5.97 Å². The van der Waals surface area contributed by atoms with Gasteiger partial charge in [0.1, 0.15) is 0 Å². The normalized spacial score (nSPS) is 25.2. The van der Waals surface area contributed by atoms with Gasteiger partial charge in [0, 0.05) is 24.2 Å². The lowest BCUT2D eigenvalue weighted by atomic mass is 9.51. The van der Waals surface area contributed by atoms with Gasteiger partial charge in [-0.1, -0.05) is 69.5 Å². The second-order valence-corrected chi connectivity index (χ2v) is 12.8. The van der Waals surface area contributed by atoms with Gasteiger partial charge < -0.3 is 9.64 Å². The van der Waals surface area contributed by atoms with Crippen LogP contribution < -0.4 is 4.90 Å². The summed E-state index contributed by atoms with van der Waals surface area (Å²) in [6.45, 7) is 5.32. The molecule has 4 aliphatic rings. The first-order valence-electron chi connectivity index (χ1n) is 15.1. The van der Waals surface area contributed by atoms with Crippen LogP contribution in [0.1, 0.15) is 107 Å². The van der Waals surface area contributed by atoms with Gasteiger partial charge in [-0.2, -0.15) is 0 Å². The van der Waals surface area contributed by atoms with Gasteiger partial charge in [0.2, 0.25) is 5.91 Å². The van der Waals surface area contributed by atoms with Crippen LogP contribution in [0.5, 0.6) is 0 Å². The van der Waals surface area contributed by atoms with Gasteiger partial charge in [-0.25, -0.2) is 4.79 Å². The van der Waals surface area contributed by atoms with Crippen molar-refractivity contribution in [2.75, 3.05) is 18.6 Å². The topological polar surface area (TPSA) is 46.6 Å². The van der Waals surface area contributed by atoms with Crippen LogP contribution in [-0.2, 0) is 19.7 Å². The molecule has 0 N–H and O–H groups in total. The van der Waals surface area contributed by atoms with E-state index in [9.17, 15) is 9.59 Å². The number of fused-ring (bicyclic) bond motifs is 3. The Bertz CT molecular complexity index is 1160. The highest BCUT2D eigenvalue weighted by molar-refractivity contribution is 5.95. The summed E-state index contributed by atoms with van der Waals surface area (Å²) >= 11 is 0. The molecular weight excluding hydrogens is 482 g/mol. The van der Waals surface area contributed by atoms with E-state index in [-0.39, 0.29) is 17.3 Å². The van der Waals surface area contributed by atoms with Gasteiger partial charge in [0.15, 0.2) is 0 Å². The minimum absolute atomic E-state index is 0.121. The number of hydrogen-bond donors (Lipinski definition) is 0. The zero-order valence-electron chi connectivity index (χ0n) is 24.1. The van der Waals surface area contributed by atoms with E-state index in [1.54, 1.807) is 6.08 Å². The van der Waals surface area contributed by atoms with E-state index in [1.807, 2.05) is 12.1 Å². The lowest BCUT2D eigenvalue weighted by Gasteiger charge is -2.55. The predicted octanol–water partition coefficient (Wildman–Crippen LogP) is 8.20. The maximum atomic E-state index is 14.1. The highest BCUT2D eigenvalue weighted by Gasteiger charge is 2.50. The lowest BCUT2D eigenvalue weighted by molar-refractivity contribution is -0.134. The summed E-state index contributed by atoms with van der Waals surface area (Å²) in [5.41, 5.74) is 5.28. The second kappa shape index (κ2) is 11.7. The smallest absolute Gasteiger partial charge is 0.330 e. The number of hydrogen-bond acceptors (Lipinski definition) is 3. The number of ether oxygens (including phenoxy) is 1. The summed E-state index contributed by atoms with van der Waals surface area (Å²) in [6, 6.07) is 17.5. The van der Waals surface area contributed by atoms with Crippen LogP contribution in [0.3, 0.4) is 0 Å². The molecule has 0 saturated heterocycles. The van der Waals surface area contributed by atoms with Crippen molar-refractivity contribution in [3.05, 3.63) is 71.3 Å². The molecule has 2 aromatic carbocycles. The van der Waals surface area contributed by atoms with E-state index < -0.39 is 0 Å². The molecular formula is C35H45NO3. The molecule has 0 unspecified atom stereocenters. The number of esters is 1. The molecule has 4 aliphatic carbocycles. The maximum Gasteiger partial charge on any atom is 0.330 e. The fraction of sp³-hybridized carbons (Fsp3) is 0.543. The molecule has 0 aliphatic heterocycles. The molecule has 0 aromatic heterocycles. The van der Waals surface area contributed by atoms with Crippen molar-refractivity contribution in [2.24, 2.45) is 11.3 Å². The molecule has 4 nitrogen and oxygen atoms in total. The standard InChI is InChI=1S/C35H45NO3/c1-26(2)28-13-15-30(16-14-28)35-21-18-34(19-22-35,20-23-35)25-36(33(38)29-9-5-4-6-10-29)31-11-7-8-27(24-31)12-17-32(37)39-3/h7-8,11-17,24,26,29H,4-6,9-10,18-23,25H2,1-3H3/b17-12+. The molecule has 6 rings (SSSR count). The lowest BCUT2D eigenvalue weighted by Crippen LogP contribution is -2.51. The first-order chi connectivity index (χ1) is 18.8. The number of nitrogens with zero attached hydrogens (tertiary/aromatic N) is 1. The van der Waals surface area contributed by atoms with E-state index in [4.69, 9.17) is 4.74 Å². The number of carbonyl (C=O) groups is 2. The Kier molecular flexibility index (Phi) is 8.30. The minimum atomic E-state index is -0.374. The van der Waals surface area contributed by atoms with E-state index >= 15 is 0 Å². The summed E-state index contributed by atoms with van der Waals surface area (Å²) in [6.07, 6.45) is 15.9. The van der Waals surface area contributed by atoms with Crippen LogP contribution in [0.4, 0.5) is 5.69 Å². The van der Waals surface area contributed by atoms with Crippen LogP contribution in [0.2, 0.25) is 0 Å². The van der Waals surface area contributed by atoms with Gasteiger partial charge in [-0.05, 0) is 103 Å². The van der Waals surface area contributed by atoms with Gasteiger partial charge in [0.05, 0.1) is 7.11 Å². The van der Waals surface area contributed by atoms with Crippen molar-refractivity contribution in [2.45, 2.75) is 95.8 Å². The highest BCUT2D eigenvalue weighted by atomic mass is 16.5. The number of benzene rings is 2. The predicted molar refractivity (Wildman–Crippen MR) is 159 cm³/mol. The molecule has 2 aromatic rings. The number of anilines is 1. The molecule has 208 valence electrons. The Morgan fingerprint density at radius 3 is 2.23 bits per heavy atom. The molecule has 0 spiro atoms. The second-order valence-electron chi connectivity index (χ2n) is 12.8. The van der Waals surface area contributed by atoms with Crippen LogP contribution in [0.25, 0.3) is 6.08 Å². The molecule has 4 fully saturated rings. The van der Waals surface area contributed by atoms with Crippen molar-refractivity contribution >= 4 is 23.6 Å². The number of amides is 1. The van der Waals surface area contributed by atoms with Gasteiger partial charge in [-0.3, -0.25) is 4.79 Å². The molecule has 0 radical (unpaired) electrons. The average molecular weight is 528 g/mol. The SMILES string of the molecule is COC(=O)/C=C/c1cccc(N(CC23CCC(c4ccc(C(C)C)cc4)(CC2)CC3)C(=O)C2CCCCC2)c1. The van der Waals surface area contributed by atoms with Crippen LogP contribution in [-0.4, -0.2) is 25.5 Å². The van der Waals surface area contributed by atoms with Crippen LogP contribution >= 0.6 is 0 Å². The molecule has 0 heterocycles. The highest BCUT2D eigenvalue weighted by Crippen LogP contribution is 2.58. The van der Waals surface area contributed by atoms with Crippen molar-refractivity contribution < 1.29 is 14.3 Å². The summed E-state index contributed by atoms with van der Waals surface area (Å²) in [5.74, 6) is 0.602. The summed E-state index contributed by atoms with van der Waals surface area (Å²) in [5, 5.41) is 0. The van der Waals surface area contributed by atoms with E-state index in [1.165, 1.54) is 69.3 Å². The molecule has 4 heteroatoms. The maximum absolute atomic E-state index is 14.1. The quantitative estimate of drug-likeness (QED) is 0.257. The molecule has 4 saturated carbocycles. The Labute approximate surface area is 234 Å². The fourth-order valence-corrected chi connectivity index (χ4v) is 7.39. The largest absolute Gasteiger partial charge is 0.466 e. The van der Waals surface area contributed by atoms with E-state index in [2.05, 4.69) is 55.1 Å². The van der Waals surface area contributed by atoms with Crippen molar-refractivity contribution in [3.63, 3.8) is 0 Å².